The first kappa shape index (κ1) is 13.1. The second-order valence-electron chi connectivity index (χ2n) is 5.43. The molecule has 0 aromatic heterocycles. The largest absolute Gasteiger partial charge is 0.462 e. The van der Waals surface area contributed by atoms with Crippen molar-refractivity contribution >= 4 is 11.9 Å². The van der Waals surface area contributed by atoms with Crippen molar-refractivity contribution in [3.63, 3.8) is 0 Å². The molecule has 0 N–H and O–H groups in total. The molecule has 5 heteroatoms. The molecule has 0 bridgehead atoms. The minimum atomic E-state index is -0.666. The van der Waals surface area contributed by atoms with Crippen LogP contribution in [-0.2, 0) is 9.53 Å². The number of hydrogen-bond donors (Lipinski definition) is 0. The summed E-state index contributed by atoms with van der Waals surface area (Å²) in [6.07, 6.45) is 2.57. The van der Waals surface area contributed by atoms with Gasteiger partial charge < -0.3 is 9.64 Å². The smallest absolute Gasteiger partial charge is 0.341 e. The zero-order valence-electron chi connectivity index (χ0n) is 11.0. The first-order chi connectivity index (χ1) is 9.65. The number of benzene rings is 1. The summed E-state index contributed by atoms with van der Waals surface area (Å²) < 4.78 is 18.5. The highest BCUT2D eigenvalue weighted by Crippen LogP contribution is 2.32. The minimum absolute atomic E-state index is 0.0267. The summed E-state index contributed by atoms with van der Waals surface area (Å²) in [4.78, 5) is 25.4. The molecule has 1 unspecified atom stereocenters. The lowest BCUT2D eigenvalue weighted by Gasteiger charge is -2.15. The molecule has 1 aromatic rings. The molecular formula is C15H16FNO3. The average Bonchev–Trinajstić information content (AvgIpc) is 3.20. The topological polar surface area (TPSA) is 46.6 Å². The maximum absolute atomic E-state index is 13.4. The maximum Gasteiger partial charge on any atom is 0.341 e. The molecule has 1 saturated heterocycles. The Balaban J connectivity index is 1.54. The minimum Gasteiger partial charge on any atom is -0.462 e. The molecule has 0 spiro atoms. The van der Waals surface area contributed by atoms with Gasteiger partial charge in [-0.3, -0.25) is 4.79 Å². The number of hydrogen-bond acceptors (Lipinski definition) is 3. The van der Waals surface area contributed by atoms with Gasteiger partial charge >= 0.3 is 5.97 Å². The van der Waals surface area contributed by atoms with Gasteiger partial charge in [-0.1, -0.05) is 12.1 Å². The number of carbonyl (C=O) groups excluding carboxylic acids is 2. The zero-order valence-corrected chi connectivity index (χ0v) is 11.0. The van der Waals surface area contributed by atoms with Gasteiger partial charge in [0.25, 0.3) is 0 Å². The zero-order chi connectivity index (χ0) is 14.1. The predicted octanol–water partition coefficient (Wildman–Crippen LogP) is 1.99. The summed E-state index contributed by atoms with van der Waals surface area (Å²) in [7, 11) is 0. The van der Waals surface area contributed by atoms with Crippen LogP contribution in [0.2, 0.25) is 0 Å². The van der Waals surface area contributed by atoms with E-state index >= 15 is 0 Å². The van der Waals surface area contributed by atoms with Crippen molar-refractivity contribution in [3.8, 4) is 0 Å². The summed E-state index contributed by atoms with van der Waals surface area (Å²) in [5, 5.41) is 0. The van der Waals surface area contributed by atoms with Crippen LogP contribution in [0.5, 0.6) is 0 Å². The second kappa shape index (κ2) is 5.23. The number of nitrogens with zero attached hydrogens (tertiary/aromatic N) is 1. The van der Waals surface area contributed by atoms with Crippen LogP contribution in [0, 0.1) is 11.7 Å². The molecule has 106 valence electrons. The van der Waals surface area contributed by atoms with E-state index in [1.807, 2.05) is 4.90 Å². The van der Waals surface area contributed by atoms with E-state index in [1.54, 1.807) is 6.07 Å². The van der Waals surface area contributed by atoms with Crippen LogP contribution in [0.15, 0.2) is 24.3 Å². The number of rotatable bonds is 4. The van der Waals surface area contributed by atoms with Crippen LogP contribution < -0.4 is 0 Å². The van der Waals surface area contributed by atoms with Gasteiger partial charge in [-0.25, -0.2) is 9.18 Å². The fraction of sp³-hybridized carbons (Fsp3) is 0.467. The van der Waals surface area contributed by atoms with Gasteiger partial charge in [-0.2, -0.15) is 0 Å². The lowest BCUT2D eigenvalue weighted by atomic mass is 10.1. The quantitative estimate of drug-likeness (QED) is 0.791. The summed E-state index contributed by atoms with van der Waals surface area (Å²) in [5.74, 6) is -1.08. The van der Waals surface area contributed by atoms with Gasteiger partial charge in [0.2, 0.25) is 5.91 Å². The van der Waals surface area contributed by atoms with Crippen LogP contribution in [0.25, 0.3) is 0 Å². The van der Waals surface area contributed by atoms with Crippen LogP contribution in [0.4, 0.5) is 4.39 Å². The van der Waals surface area contributed by atoms with Gasteiger partial charge in [0, 0.05) is 24.9 Å². The SMILES string of the molecule is O=C(OCC1CC(=O)N(C2CC2)C1)c1ccccc1F. The standard InChI is InChI=1S/C15H16FNO3/c16-13-4-2-1-3-12(13)15(19)20-9-10-7-14(18)17(8-10)11-5-6-11/h1-4,10-11H,5-9H2. The molecule has 1 atom stereocenters. The molecule has 1 aliphatic heterocycles. The number of halogens is 1. The Morgan fingerprint density at radius 3 is 2.80 bits per heavy atom. The van der Waals surface area contributed by atoms with E-state index in [1.165, 1.54) is 18.2 Å². The number of ether oxygens (including phenoxy) is 1. The van der Waals surface area contributed by atoms with Crippen molar-refractivity contribution in [2.45, 2.75) is 25.3 Å². The molecule has 1 heterocycles. The number of amides is 1. The van der Waals surface area contributed by atoms with Crippen LogP contribution in [0.1, 0.15) is 29.6 Å². The third-order valence-corrected chi connectivity index (χ3v) is 3.77. The molecule has 1 aliphatic carbocycles. The molecule has 1 aromatic carbocycles. The number of carbonyl (C=O) groups is 2. The van der Waals surface area contributed by atoms with E-state index in [2.05, 4.69) is 0 Å². The Morgan fingerprint density at radius 2 is 2.10 bits per heavy atom. The van der Waals surface area contributed by atoms with Crippen molar-refractivity contribution < 1.29 is 18.7 Å². The molecule has 3 rings (SSSR count). The molecule has 1 amide bonds. The molecule has 4 nitrogen and oxygen atoms in total. The lowest BCUT2D eigenvalue weighted by molar-refractivity contribution is -0.128. The van der Waals surface area contributed by atoms with E-state index in [4.69, 9.17) is 4.74 Å². The lowest BCUT2D eigenvalue weighted by Crippen LogP contribution is -2.28. The number of likely N-dealkylation sites (tertiary alicyclic amines) is 1. The summed E-state index contributed by atoms with van der Waals surface area (Å²) >= 11 is 0. The first-order valence-electron chi connectivity index (χ1n) is 6.86. The molecule has 2 aliphatic rings. The van der Waals surface area contributed by atoms with Gasteiger partial charge in [-0.05, 0) is 25.0 Å². The van der Waals surface area contributed by atoms with Crippen LogP contribution in [-0.4, -0.2) is 36.0 Å². The van der Waals surface area contributed by atoms with E-state index in [-0.39, 0.29) is 24.0 Å². The molecule has 20 heavy (non-hydrogen) atoms. The third-order valence-electron chi connectivity index (χ3n) is 3.77. The first-order valence-corrected chi connectivity index (χ1v) is 6.86. The normalized spacial score (nSPS) is 22.1. The van der Waals surface area contributed by atoms with Crippen molar-refractivity contribution in [2.24, 2.45) is 5.92 Å². The second-order valence-corrected chi connectivity index (χ2v) is 5.43. The highest BCUT2D eigenvalue weighted by Gasteiger charge is 2.39. The van der Waals surface area contributed by atoms with Crippen molar-refractivity contribution in [3.05, 3.63) is 35.6 Å². The Labute approximate surface area is 116 Å². The van der Waals surface area contributed by atoms with Crippen molar-refractivity contribution in [1.82, 2.24) is 4.90 Å². The van der Waals surface area contributed by atoms with E-state index in [0.717, 1.165) is 12.8 Å². The average molecular weight is 277 g/mol. The van der Waals surface area contributed by atoms with Crippen LogP contribution in [0.3, 0.4) is 0 Å². The summed E-state index contributed by atoms with van der Waals surface area (Å²) in [5.41, 5.74) is -0.0594. The van der Waals surface area contributed by atoms with Gasteiger partial charge in [-0.15, -0.1) is 0 Å². The summed E-state index contributed by atoms with van der Waals surface area (Å²) in [6.45, 7) is 0.816. The maximum atomic E-state index is 13.4. The summed E-state index contributed by atoms with van der Waals surface area (Å²) in [6, 6.07) is 6.14. The van der Waals surface area contributed by atoms with Crippen molar-refractivity contribution in [2.75, 3.05) is 13.2 Å². The van der Waals surface area contributed by atoms with E-state index in [0.29, 0.717) is 19.0 Å². The highest BCUT2D eigenvalue weighted by molar-refractivity contribution is 5.89. The Hall–Kier alpha value is -1.91. The van der Waals surface area contributed by atoms with Gasteiger partial charge in [0.05, 0.1) is 12.2 Å². The van der Waals surface area contributed by atoms with Crippen LogP contribution >= 0.6 is 0 Å². The number of esters is 1. The van der Waals surface area contributed by atoms with Gasteiger partial charge in [0.1, 0.15) is 5.82 Å². The Bertz CT molecular complexity index is 542. The monoisotopic (exact) mass is 277 g/mol. The molecule has 1 saturated carbocycles. The van der Waals surface area contributed by atoms with Gasteiger partial charge in [0.15, 0.2) is 0 Å². The van der Waals surface area contributed by atoms with E-state index in [9.17, 15) is 14.0 Å². The Kier molecular flexibility index (Phi) is 3.42. The molecular weight excluding hydrogens is 261 g/mol. The predicted molar refractivity (Wildman–Crippen MR) is 69.5 cm³/mol. The fourth-order valence-corrected chi connectivity index (χ4v) is 2.56. The Morgan fingerprint density at radius 1 is 1.35 bits per heavy atom. The molecule has 2 fully saturated rings. The third kappa shape index (κ3) is 2.66. The highest BCUT2D eigenvalue weighted by atomic mass is 19.1. The van der Waals surface area contributed by atoms with Crippen molar-refractivity contribution in [1.29, 1.82) is 0 Å². The van der Waals surface area contributed by atoms with E-state index < -0.39 is 11.8 Å². The fourth-order valence-electron chi connectivity index (χ4n) is 2.56. The molecule has 0 radical (unpaired) electrons.